The maximum Gasteiger partial charge on any atom is 0.326 e. The van der Waals surface area contributed by atoms with Gasteiger partial charge in [-0.3, -0.25) is 14.4 Å². The Morgan fingerprint density at radius 2 is 1.43 bits per heavy atom. The van der Waals surface area contributed by atoms with Crippen molar-refractivity contribution >= 4 is 23.7 Å². The second kappa shape index (κ2) is 18.1. The maximum atomic E-state index is 12.5. The van der Waals surface area contributed by atoms with E-state index in [1.807, 2.05) is 0 Å². The number of aliphatic hydroxyl groups is 3. The fraction of sp³-hybridized carbons (Fsp3) is 0.840. The molecule has 1 fully saturated rings. The van der Waals surface area contributed by atoms with Crippen molar-refractivity contribution in [1.29, 1.82) is 0 Å². The second-order valence-corrected chi connectivity index (χ2v) is 9.63. The van der Waals surface area contributed by atoms with Gasteiger partial charge in [0.25, 0.3) is 0 Å². The van der Waals surface area contributed by atoms with E-state index < -0.39 is 61.0 Å². The number of amides is 3. The van der Waals surface area contributed by atoms with Gasteiger partial charge in [-0.15, -0.1) is 0 Å². The molecule has 1 unspecified atom stereocenters. The summed E-state index contributed by atoms with van der Waals surface area (Å²) in [4.78, 5) is 47.8. The van der Waals surface area contributed by atoms with Gasteiger partial charge in [0, 0.05) is 19.8 Å². The van der Waals surface area contributed by atoms with Gasteiger partial charge in [-0.1, -0.05) is 58.3 Å². The SMILES string of the molecule is CCCCCCCCCCCC(=O)NC(CCC(=O)N[C@@H]1O[C@H](CO)[C@@H](O)[C@H](O)[C@H]1NC(C)=O)C(=O)O. The zero-order chi connectivity index (χ0) is 27.8. The van der Waals surface area contributed by atoms with Crippen LogP contribution in [0.5, 0.6) is 0 Å². The molecule has 0 aliphatic carbocycles. The van der Waals surface area contributed by atoms with Crippen molar-refractivity contribution in [2.45, 2.75) is 128 Å². The highest BCUT2D eigenvalue weighted by molar-refractivity contribution is 5.84. The molecule has 12 heteroatoms. The van der Waals surface area contributed by atoms with Crippen molar-refractivity contribution in [3.8, 4) is 0 Å². The lowest BCUT2D eigenvalue weighted by molar-refractivity contribution is -0.203. The van der Waals surface area contributed by atoms with E-state index in [4.69, 9.17) is 4.74 Å². The maximum absolute atomic E-state index is 12.5. The van der Waals surface area contributed by atoms with Crippen LogP contribution in [0.1, 0.15) is 90.9 Å². The number of ether oxygens (including phenoxy) is 1. The molecule has 0 aromatic rings. The Hall–Kier alpha value is -2.28. The number of aliphatic hydroxyl groups excluding tert-OH is 3. The molecule has 0 radical (unpaired) electrons. The van der Waals surface area contributed by atoms with Gasteiger partial charge in [-0.05, 0) is 12.8 Å². The lowest BCUT2D eigenvalue weighted by Crippen LogP contribution is -2.68. The summed E-state index contributed by atoms with van der Waals surface area (Å²) in [5.41, 5.74) is 0. The van der Waals surface area contributed by atoms with Crippen LogP contribution >= 0.6 is 0 Å². The number of carbonyl (C=O) groups is 4. The Labute approximate surface area is 218 Å². The number of unbranched alkanes of at least 4 members (excludes halogenated alkanes) is 8. The minimum Gasteiger partial charge on any atom is -0.480 e. The minimum atomic E-state index is -1.52. The van der Waals surface area contributed by atoms with Crippen molar-refractivity contribution < 1.29 is 44.3 Å². The number of hydrogen-bond acceptors (Lipinski definition) is 8. The normalized spacial score (nSPS) is 24.2. The molecule has 6 atom stereocenters. The average molecular weight is 532 g/mol. The van der Waals surface area contributed by atoms with Crippen molar-refractivity contribution in [2.75, 3.05) is 6.61 Å². The standard InChI is InChI=1S/C25H45N3O9/c1-3-4-5-6-7-8-9-10-11-12-19(31)27-17(25(35)36)13-14-20(32)28-24-21(26-16(2)30)23(34)22(33)18(15-29)37-24/h17-18,21-24,29,33-34H,3-15H2,1-2H3,(H,26,30)(H,27,31)(H,28,32)(H,35,36)/t17?,18-,21-,22-,23-,24-/m1/s1. The summed E-state index contributed by atoms with van der Waals surface area (Å²) in [6, 6.07) is -2.45. The topological polar surface area (TPSA) is 195 Å². The number of nitrogens with one attached hydrogen (secondary N) is 3. The largest absolute Gasteiger partial charge is 0.480 e. The molecule has 1 rings (SSSR count). The van der Waals surface area contributed by atoms with Gasteiger partial charge in [-0.2, -0.15) is 0 Å². The molecule has 3 amide bonds. The van der Waals surface area contributed by atoms with Crippen molar-refractivity contribution in [2.24, 2.45) is 0 Å². The molecule has 1 aliphatic rings. The van der Waals surface area contributed by atoms with Crippen molar-refractivity contribution in [3.05, 3.63) is 0 Å². The number of rotatable bonds is 18. The van der Waals surface area contributed by atoms with Crippen molar-refractivity contribution in [3.63, 3.8) is 0 Å². The van der Waals surface area contributed by atoms with Gasteiger partial charge in [-0.25, -0.2) is 4.79 Å². The highest BCUT2D eigenvalue weighted by Crippen LogP contribution is 2.20. The van der Waals surface area contributed by atoms with E-state index in [9.17, 15) is 39.6 Å². The minimum absolute atomic E-state index is 0.184. The van der Waals surface area contributed by atoms with Crippen LogP contribution in [0.25, 0.3) is 0 Å². The van der Waals surface area contributed by atoms with E-state index in [0.29, 0.717) is 6.42 Å². The third kappa shape index (κ3) is 12.7. The summed E-state index contributed by atoms with van der Waals surface area (Å²) in [6.45, 7) is 2.73. The predicted molar refractivity (Wildman–Crippen MR) is 134 cm³/mol. The van der Waals surface area contributed by atoms with Gasteiger partial charge in [0.15, 0.2) is 6.23 Å². The molecular weight excluding hydrogens is 486 g/mol. The molecule has 1 aliphatic heterocycles. The van der Waals surface area contributed by atoms with E-state index in [1.165, 1.54) is 39.0 Å². The highest BCUT2D eigenvalue weighted by Gasteiger charge is 2.45. The van der Waals surface area contributed by atoms with Gasteiger partial charge in [0.1, 0.15) is 30.4 Å². The molecule has 1 saturated heterocycles. The van der Waals surface area contributed by atoms with E-state index in [-0.39, 0.29) is 25.2 Å². The summed E-state index contributed by atoms with van der Waals surface area (Å²) in [5.74, 6) is -2.85. The molecule has 0 aromatic heterocycles. The van der Waals surface area contributed by atoms with Crippen LogP contribution in [0, 0.1) is 0 Å². The molecule has 0 bridgehead atoms. The Morgan fingerprint density at radius 1 is 0.838 bits per heavy atom. The molecule has 214 valence electrons. The molecule has 7 N–H and O–H groups in total. The van der Waals surface area contributed by atoms with E-state index in [2.05, 4.69) is 22.9 Å². The molecule has 12 nitrogen and oxygen atoms in total. The van der Waals surface area contributed by atoms with Crippen LogP contribution in [-0.4, -0.2) is 87.3 Å². The van der Waals surface area contributed by atoms with Crippen LogP contribution in [0.2, 0.25) is 0 Å². The van der Waals surface area contributed by atoms with Gasteiger partial charge >= 0.3 is 5.97 Å². The third-order valence-electron chi connectivity index (χ3n) is 6.40. The van der Waals surface area contributed by atoms with E-state index in [1.54, 1.807) is 0 Å². The van der Waals surface area contributed by atoms with E-state index >= 15 is 0 Å². The molecular formula is C25H45N3O9. The third-order valence-corrected chi connectivity index (χ3v) is 6.40. The Morgan fingerprint density at radius 3 is 1.97 bits per heavy atom. The monoisotopic (exact) mass is 531 g/mol. The molecule has 1 heterocycles. The molecule has 0 aromatic carbocycles. The Kier molecular flexibility index (Phi) is 16.0. The number of carboxylic acid groups (broad SMARTS) is 1. The second-order valence-electron chi connectivity index (χ2n) is 9.63. The summed E-state index contributed by atoms with van der Waals surface area (Å²) in [5, 5.41) is 46.4. The first-order valence-electron chi connectivity index (χ1n) is 13.3. The fourth-order valence-electron chi connectivity index (χ4n) is 4.26. The summed E-state index contributed by atoms with van der Waals surface area (Å²) < 4.78 is 5.43. The number of carboxylic acids is 1. The highest BCUT2D eigenvalue weighted by atomic mass is 16.5. The predicted octanol–water partition coefficient (Wildman–Crippen LogP) is 0.317. The molecule has 0 saturated carbocycles. The first kappa shape index (κ1) is 32.7. The van der Waals surface area contributed by atoms with Gasteiger partial charge in [0.2, 0.25) is 17.7 Å². The van der Waals surface area contributed by atoms with Crippen LogP contribution in [0.3, 0.4) is 0 Å². The van der Waals surface area contributed by atoms with Crippen molar-refractivity contribution in [1.82, 2.24) is 16.0 Å². The quantitative estimate of drug-likeness (QED) is 0.122. The molecule has 0 spiro atoms. The number of carbonyl (C=O) groups excluding carboxylic acids is 3. The Balaban J connectivity index is 2.46. The first-order chi connectivity index (χ1) is 17.6. The first-order valence-corrected chi connectivity index (χ1v) is 13.3. The van der Waals surface area contributed by atoms with Gasteiger partial charge in [0.05, 0.1) is 6.61 Å². The summed E-state index contributed by atoms with van der Waals surface area (Å²) in [6.07, 6.45) is 4.13. The smallest absolute Gasteiger partial charge is 0.326 e. The average Bonchev–Trinajstić information content (AvgIpc) is 2.84. The lowest BCUT2D eigenvalue weighted by Gasteiger charge is -2.42. The van der Waals surface area contributed by atoms with Crippen LogP contribution in [0.4, 0.5) is 0 Å². The summed E-state index contributed by atoms with van der Waals surface area (Å²) in [7, 11) is 0. The fourth-order valence-corrected chi connectivity index (χ4v) is 4.26. The van der Waals surface area contributed by atoms with Crippen LogP contribution < -0.4 is 16.0 Å². The van der Waals surface area contributed by atoms with Crippen LogP contribution in [-0.2, 0) is 23.9 Å². The van der Waals surface area contributed by atoms with Crippen LogP contribution in [0.15, 0.2) is 0 Å². The van der Waals surface area contributed by atoms with Gasteiger partial charge < -0.3 is 41.1 Å². The Bertz CT molecular complexity index is 722. The number of aliphatic carboxylic acids is 1. The zero-order valence-corrected chi connectivity index (χ0v) is 22.0. The lowest BCUT2D eigenvalue weighted by atomic mass is 9.95. The van der Waals surface area contributed by atoms with E-state index in [0.717, 1.165) is 19.3 Å². The number of hydrogen-bond donors (Lipinski definition) is 7. The summed E-state index contributed by atoms with van der Waals surface area (Å²) >= 11 is 0. The molecule has 37 heavy (non-hydrogen) atoms. The zero-order valence-electron chi connectivity index (χ0n) is 22.0.